The Morgan fingerprint density at radius 3 is 3.00 bits per heavy atom. The van der Waals surface area contributed by atoms with E-state index in [2.05, 4.69) is 15.1 Å². The molecule has 0 unspecified atom stereocenters. The lowest BCUT2D eigenvalue weighted by molar-refractivity contribution is 0.410. The summed E-state index contributed by atoms with van der Waals surface area (Å²) in [4.78, 5) is 8.50. The van der Waals surface area contributed by atoms with Gasteiger partial charge in [0.1, 0.15) is 12.4 Å². The molecule has 1 atom stereocenters. The molecule has 1 fully saturated rings. The van der Waals surface area contributed by atoms with Crippen LogP contribution in [0.1, 0.15) is 17.5 Å². The van der Waals surface area contributed by atoms with Gasteiger partial charge in [0.05, 0.1) is 24.2 Å². The molecule has 1 aromatic rings. The summed E-state index contributed by atoms with van der Waals surface area (Å²) in [5.74, 6) is 11.1. The first-order chi connectivity index (χ1) is 7.22. The number of ether oxygens (including phenoxy) is 1. The highest BCUT2D eigenvalue weighted by atomic mass is 16.6. The lowest BCUT2D eigenvalue weighted by Gasteiger charge is -2.13. The molecule has 0 bridgehead atoms. The van der Waals surface area contributed by atoms with Gasteiger partial charge in [-0.05, 0) is 6.92 Å². The molecule has 1 aliphatic rings. The second kappa shape index (κ2) is 3.79. The predicted octanol–water partition coefficient (Wildman–Crippen LogP) is -0.562. The number of aromatic nitrogens is 2. The molecule has 2 heterocycles. The monoisotopic (exact) mass is 208 g/mol. The van der Waals surface area contributed by atoms with Crippen molar-refractivity contribution in [3.05, 3.63) is 17.6 Å². The average molecular weight is 208 g/mol. The molecule has 0 spiro atoms. The van der Waals surface area contributed by atoms with Crippen molar-refractivity contribution in [2.75, 3.05) is 11.6 Å². The average Bonchev–Trinajstić information content (AvgIpc) is 3.01. The van der Waals surface area contributed by atoms with E-state index in [1.165, 1.54) is 11.3 Å². The molecule has 1 aliphatic heterocycles. The molecule has 2 rings (SSSR count). The van der Waals surface area contributed by atoms with Gasteiger partial charge in [0.2, 0.25) is 0 Å². The highest BCUT2D eigenvalue weighted by molar-refractivity contribution is 5.76. The van der Waals surface area contributed by atoms with Crippen LogP contribution in [0.3, 0.4) is 0 Å². The van der Waals surface area contributed by atoms with E-state index in [0.29, 0.717) is 18.1 Å². The number of hydrogen-bond acceptors (Lipinski definition) is 6. The zero-order valence-corrected chi connectivity index (χ0v) is 8.29. The number of hydrazone groups is 1. The normalized spacial score (nSPS) is 19.5. The molecular formula is C8H12N6O. The van der Waals surface area contributed by atoms with E-state index in [1.54, 1.807) is 6.20 Å². The quantitative estimate of drug-likeness (QED) is 0.227. The van der Waals surface area contributed by atoms with Crippen LogP contribution < -0.4 is 16.7 Å². The van der Waals surface area contributed by atoms with Crippen molar-refractivity contribution in [2.24, 2.45) is 16.8 Å². The molecule has 0 saturated carbocycles. The Morgan fingerprint density at radius 2 is 2.47 bits per heavy atom. The van der Waals surface area contributed by atoms with E-state index in [0.717, 1.165) is 5.69 Å². The van der Waals surface area contributed by atoms with Gasteiger partial charge in [-0.3, -0.25) is 0 Å². The fraction of sp³-hybridized carbons (Fsp3) is 0.375. The molecule has 0 aliphatic carbocycles. The van der Waals surface area contributed by atoms with E-state index in [4.69, 9.17) is 16.4 Å². The number of nitrogens with two attached hydrogens (primary N) is 2. The van der Waals surface area contributed by atoms with Crippen LogP contribution in [-0.4, -0.2) is 22.9 Å². The van der Waals surface area contributed by atoms with Crippen molar-refractivity contribution < 1.29 is 4.74 Å². The highest BCUT2D eigenvalue weighted by Crippen LogP contribution is 2.28. The van der Waals surface area contributed by atoms with Crippen LogP contribution in [0.2, 0.25) is 0 Å². The minimum Gasteiger partial charge on any atom is -0.366 e. The third-order valence-electron chi connectivity index (χ3n) is 2.04. The second-order valence-corrected chi connectivity index (χ2v) is 3.20. The maximum Gasteiger partial charge on any atom is 0.169 e. The van der Waals surface area contributed by atoms with Crippen LogP contribution in [0.25, 0.3) is 0 Å². The maximum atomic E-state index is 5.62. The summed E-state index contributed by atoms with van der Waals surface area (Å²) >= 11 is 0. The van der Waals surface area contributed by atoms with Crippen LogP contribution in [0.15, 0.2) is 11.3 Å². The SMILES string of the molecule is Cc1nc([C@H]2CO2)cnc1N(N)/C=N\N. The fourth-order valence-corrected chi connectivity index (χ4v) is 1.25. The van der Waals surface area contributed by atoms with Crippen LogP contribution in [0, 0.1) is 6.92 Å². The Morgan fingerprint density at radius 1 is 1.73 bits per heavy atom. The lowest BCUT2D eigenvalue weighted by Crippen LogP contribution is -2.31. The summed E-state index contributed by atoms with van der Waals surface area (Å²) in [5, 5.41) is 4.53. The first kappa shape index (κ1) is 9.81. The molecule has 0 amide bonds. The lowest BCUT2D eigenvalue weighted by atomic mass is 10.3. The van der Waals surface area contributed by atoms with Crippen molar-refractivity contribution in [1.82, 2.24) is 9.97 Å². The first-order valence-electron chi connectivity index (χ1n) is 4.45. The minimum absolute atomic E-state index is 0.0969. The molecule has 0 aromatic carbocycles. The van der Waals surface area contributed by atoms with Gasteiger partial charge < -0.3 is 10.6 Å². The van der Waals surface area contributed by atoms with Crippen molar-refractivity contribution in [1.29, 1.82) is 0 Å². The van der Waals surface area contributed by atoms with E-state index in [9.17, 15) is 0 Å². The summed E-state index contributed by atoms with van der Waals surface area (Å²) in [6, 6.07) is 0. The topological polar surface area (TPSA) is 106 Å². The number of rotatable bonds is 3. The summed E-state index contributed by atoms with van der Waals surface area (Å²) in [7, 11) is 0. The van der Waals surface area contributed by atoms with Crippen molar-refractivity contribution >= 4 is 12.2 Å². The summed E-state index contributed by atoms with van der Waals surface area (Å²) in [6.07, 6.45) is 3.01. The number of hydrazine groups is 1. The van der Waals surface area contributed by atoms with Crippen molar-refractivity contribution in [3.8, 4) is 0 Å². The van der Waals surface area contributed by atoms with Gasteiger partial charge in [0, 0.05) is 0 Å². The Labute approximate surface area is 86.7 Å². The molecule has 80 valence electrons. The Kier molecular flexibility index (Phi) is 2.48. The third-order valence-corrected chi connectivity index (χ3v) is 2.04. The van der Waals surface area contributed by atoms with Gasteiger partial charge in [0.25, 0.3) is 0 Å². The third kappa shape index (κ3) is 2.03. The molecule has 7 nitrogen and oxygen atoms in total. The van der Waals surface area contributed by atoms with E-state index >= 15 is 0 Å². The van der Waals surface area contributed by atoms with Crippen LogP contribution >= 0.6 is 0 Å². The molecular weight excluding hydrogens is 196 g/mol. The summed E-state index contributed by atoms with van der Waals surface area (Å²) in [5.41, 5.74) is 1.54. The van der Waals surface area contributed by atoms with Crippen LogP contribution in [-0.2, 0) is 4.74 Å². The smallest absolute Gasteiger partial charge is 0.169 e. The van der Waals surface area contributed by atoms with E-state index < -0.39 is 0 Å². The zero-order chi connectivity index (χ0) is 10.8. The number of anilines is 1. The van der Waals surface area contributed by atoms with Crippen molar-refractivity contribution in [3.63, 3.8) is 0 Å². The minimum atomic E-state index is 0.0969. The summed E-state index contributed by atoms with van der Waals surface area (Å²) in [6.45, 7) is 2.53. The summed E-state index contributed by atoms with van der Waals surface area (Å²) < 4.78 is 5.10. The van der Waals surface area contributed by atoms with Crippen LogP contribution in [0.4, 0.5) is 5.82 Å². The first-order valence-corrected chi connectivity index (χ1v) is 4.45. The van der Waals surface area contributed by atoms with Crippen molar-refractivity contribution in [2.45, 2.75) is 13.0 Å². The van der Waals surface area contributed by atoms with E-state index in [-0.39, 0.29) is 6.10 Å². The largest absolute Gasteiger partial charge is 0.366 e. The fourth-order valence-electron chi connectivity index (χ4n) is 1.25. The number of nitrogens with zero attached hydrogens (tertiary/aromatic N) is 4. The molecule has 15 heavy (non-hydrogen) atoms. The molecule has 7 heteroatoms. The van der Waals surface area contributed by atoms with Crippen LogP contribution in [0.5, 0.6) is 0 Å². The Bertz CT molecular complexity index is 389. The van der Waals surface area contributed by atoms with Gasteiger partial charge in [-0.25, -0.2) is 20.8 Å². The van der Waals surface area contributed by atoms with Gasteiger partial charge in [-0.1, -0.05) is 0 Å². The standard InChI is InChI=1S/C8H12N6O/c1-5-8(14(10)4-12-9)11-2-6(13-5)7-3-15-7/h2,4,7H,3,9-10H2,1H3/b12-4-/t7-/m1/s1. The molecule has 1 saturated heterocycles. The van der Waals surface area contributed by atoms with Gasteiger partial charge in [-0.2, -0.15) is 5.10 Å². The highest BCUT2D eigenvalue weighted by Gasteiger charge is 2.27. The molecule has 1 aromatic heterocycles. The predicted molar refractivity (Wildman–Crippen MR) is 54.8 cm³/mol. The zero-order valence-electron chi connectivity index (χ0n) is 8.29. The van der Waals surface area contributed by atoms with Gasteiger partial charge >= 0.3 is 0 Å². The second-order valence-electron chi connectivity index (χ2n) is 3.20. The van der Waals surface area contributed by atoms with E-state index in [1.807, 2.05) is 6.92 Å². The number of epoxide rings is 1. The maximum absolute atomic E-state index is 5.62. The van der Waals surface area contributed by atoms with Gasteiger partial charge in [0.15, 0.2) is 5.82 Å². The molecule has 0 radical (unpaired) electrons. The number of hydrogen-bond donors (Lipinski definition) is 2. The van der Waals surface area contributed by atoms with Gasteiger partial charge in [-0.15, -0.1) is 0 Å². The number of aryl methyl sites for hydroxylation is 1. The Hall–Kier alpha value is -1.73. The molecule has 4 N–H and O–H groups in total. The Balaban J connectivity index is 2.25.